The maximum absolute atomic E-state index is 13.2. The summed E-state index contributed by atoms with van der Waals surface area (Å²) in [5.74, 6) is -0.167. The van der Waals surface area contributed by atoms with Crippen LogP contribution in [0.5, 0.6) is 11.5 Å². The third-order valence-corrected chi connectivity index (χ3v) is 5.74. The van der Waals surface area contributed by atoms with Crippen LogP contribution in [0, 0.1) is 6.92 Å². The zero-order chi connectivity index (χ0) is 25.5. The predicted octanol–water partition coefficient (Wildman–Crippen LogP) is 5.03. The first-order chi connectivity index (χ1) is 16.8. The summed E-state index contributed by atoms with van der Waals surface area (Å²) >= 11 is 0. The van der Waals surface area contributed by atoms with Crippen LogP contribution in [0.4, 0.5) is 0 Å². The number of carbonyl (C=O) groups is 2. The summed E-state index contributed by atoms with van der Waals surface area (Å²) in [6.45, 7) is 11.3. The topological polar surface area (TPSA) is 85.3 Å². The lowest BCUT2D eigenvalue weighted by atomic mass is 9.94. The number of amides is 1. The number of aryl methyl sites for hydroxylation is 1. The number of ketones is 1. The fourth-order valence-corrected chi connectivity index (χ4v) is 4.08. The molecule has 188 valence electrons. The maximum atomic E-state index is 13.2. The van der Waals surface area contributed by atoms with E-state index in [2.05, 4.69) is 0 Å². The van der Waals surface area contributed by atoms with Crippen molar-refractivity contribution in [1.82, 2.24) is 4.90 Å². The standard InChI is InChI=1S/C28H35NO6/c1-6-15-35-23-13-10-21(17-19(23)5)26(30)24-25(20-8-11-22(12-9-20)33-7-2)29(28(32)27(24)31)14-16-34-18(3)4/h8-13,17-18,25,30H,6-7,14-16H2,1-5H3/b26-24-. The molecule has 2 aromatic carbocycles. The molecule has 0 bridgehead atoms. The number of Topliss-reactive ketones (excluding diaryl/α,β-unsaturated/α-hetero) is 1. The van der Waals surface area contributed by atoms with E-state index in [1.165, 1.54) is 4.90 Å². The van der Waals surface area contributed by atoms with E-state index in [1.54, 1.807) is 30.3 Å². The van der Waals surface area contributed by atoms with Gasteiger partial charge in [-0.05, 0) is 75.6 Å². The molecule has 0 aromatic heterocycles. The second kappa shape index (κ2) is 11.9. The SMILES string of the molecule is CCCOc1ccc(/C(O)=C2/C(=O)C(=O)N(CCOC(C)C)C2c2ccc(OCC)cc2)cc1C. The van der Waals surface area contributed by atoms with Crippen LogP contribution < -0.4 is 9.47 Å². The van der Waals surface area contributed by atoms with Crippen molar-refractivity contribution in [1.29, 1.82) is 0 Å². The number of likely N-dealkylation sites (tertiary alicyclic amines) is 1. The molecule has 1 aliphatic heterocycles. The molecule has 2 aromatic rings. The highest BCUT2D eigenvalue weighted by Gasteiger charge is 2.46. The van der Waals surface area contributed by atoms with Gasteiger partial charge in [0.15, 0.2) is 0 Å². The van der Waals surface area contributed by atoms with E-state index in [1.807, 2.05) is 46.8 Å². The number of aliphatic hydroxyl groups excluding tert-OH is 1. The van der Waals surface area contributed by atoms with E-state index in [-0.39, 0.29) is 30.6 Å². The van der Waals surface area contributed by atoms with Crippen molar-refractivity contribution in [3.63, 3.8) is 0 Å². The molecule has 0 aliphatic carbocycles. The van der Waals surface area contributed by atoms with Crippen LogP contribution in [0.1, 0.15) is 56.8 Å². The third-order valence-electron chi connectivity index (χ3n) is 5.74. The van der Waals surface area contributed by atoms with Gasteiger partial charge in [0, 0.05) is 12.1 Å². The van der Waals surface area contributed by atoms with Gasteiger partial charge in [0.2, 0.25) is 0 Å². The molecule has 0 spiro atoms. The zero-order valence-electron chi connectivity index (χ0n) is 21.2. The Bertz CT molecular complexity index is 1070. The Morgan fingerprint density at radius 1 is 1.03 bits per heavy atom. The van der Waals surface area contributed by atoms with Crippen molar-refractivity contribution >= 4 is 17.4 Å². The molecule has 1 saturated heterocycles. The molecule has 1 heterocycles. The normalized spacial score (nSPS) is 17.3. The van der Waals surface area contributed by atoms with E-state index in [4.69, 9.17) is 14.2 Å². The van der Waals surface area contributed by atoms with Crippen LogP contribution in [-0.4, -0.2) is 54.2 Å². The molecule has 35 heavy (non-hydrogen) atoms. The molecule has 0 saturated carbocycles. The Morgan fingerprint density at radius 3 is 2.34 bits per heavy atom. The lowest BCUT2D eigenvalue weighted by Gasteiger charge is -2.26. The van der Waals surface area contributed by atoms with E-state index in [9.17, 15) is 14.7 Å². The first-order valence-corrected chi connectivity index (χ1v) is 12.1. The van der Waals surface area contributed by atoms with E-state index in [0.29, 0.717) is 30.1 Å². The fraction of sp³-hybridized carbons (Fsp3) is 0.429. The van der Waals surface area contributed by atoms with Crippen LogP contribution >= 0.6 is 0 Å². The second-order valence-corrected chi connectivity index (χ2v) is 8.74. The third kappa shape index (κ3) is 6.03. The predicted molar refractivity (Wildman–Crippen MR) is 135 cm³/mol. The molecule has 0 radical (unpaired) electrons. The minimum Gasteiger partial charge on any atom is -0.507 e. The average molecular weight is 482 g/mol. The Kier molecular flexibility index (Phi) is 8.93. The van der Waals surface area contributed by atoms with Gasteiger partial charge >= 0.3 is 0 Å². The smallest absolute Gasteiger partial charge is 0.295 e. The highest BCUT2D eigenvalue weighted by Crippen LogP contribution is 2.40. The van der Waals surface area contributed by atoms with Gasteiger partial charge in [0.05, 0.1) is 37.5 Å². The Balaban J connectivity index is 2.05. The van der Waals surface area contributed by atoms with Gasteiger partial charge in [0.1, 0.15) is 17.3 Å². The van der Waals surface area contributed by atoms with Gasteiger partial charge in [-0.25, -0.2) is 0 Å². The van der Waals surface area contributed by atoms with Crippen molar-refractivity contribution in [3.8, 4) is 11.5 Å². The number of hydrogen-bond donors (Lipinski definition) is 1. The number of nitrogens with zero attached hydrogens (tertiary/aromatic N) is 1. The van der Waals surface area contributed by atoms with Crippen LogP contribution in [0.15, 0.2) is 48.0 Å². The summed E-state index contributed by atoms with van der Waals surface area (Å²) in [5, 5.41) is 11.3. The van der Waals surface area contributed by atoms with Crippen molar-refractivity contribution in [3.05, 3.63) is 64.7 Å². The summed E-state index contributed by atoms with van der Waals surface area (Å²) in [7, 11) is 0. The number of aliphatic hydroxyl groups is 1. The monoisotopic (exact) mass is 481 g/mol. The molecular formula is C28H35NO6. The molecule has 1 N–H and O–H groups in total. The molecule has 1 aliphatic rings. The maximum Gasteiger partial charge on any atom is 0.295 e. The molecule has 1 amide bonds. The number of carbonyl (C=O) groups excluding carboxylic acids is 2. The van der Waals surface area contributed by atoms with Crippen molar-refractivity contribution in [2.24, 2.45) is 0 Å². The summed E-state index contributed by atoms with van der Waals surface area (Å²) in [6.07, 6.45) is 0.875. The first-order valence-electron chi connectivity index (χ1n) is 12.1. The average Bonchev–Trinajstić information content (AvgIpc) is 3.08. The van der Waals surface area contributed by atoms with E-state index < -0.39 is 17.7 Å². The largest absolute Gasteiger partial charge is 0.507 e. The summed E-state index contributed by atoms with van der Waals surface area (Å²) in [4.78, 5) is 27.7. The molecular weight excluding hydrogens is 446 g/mol. The number of benzene rings is 2. The number of ether oxygens (including phenoxy) is 3. The second-order valence-electron chi connectivity index (χ2n) is 8.74. The zero-order valence-corrected chi connectivity index (χ0v) is 21.2. The minimum absolute atomic E-state index is 0.00725. The number of hydrogen-bond acceptors (Lipinski definition) is 6. The van der Waals surface area contributed by atoms with Gasteiger partial charge in [-0.3, -0.25) is 9.59 Å². The molecule has 7 nitrogen and oxygen atoms in total. The van der Waals surface area contributed by atoms with E-state index >= 15 is 0 Å². The van der Waals surface area contributed by atoms with Gasteiger partial charge in [-0.15, -0.1) is 0 Å². The molecule has 3 rings (SSSR count). The van der Waals surface area contributed by atoms with Crippen LogP contribution in [0.25, 0.3) is 5.76 Å². The van der Waals surface area contributed by atoms with Crippen molar-refractivity contribution < 1.29 is 28.9 Å². The van der Waals surface area contributed by atoms with Crippen LogP contribution in [0.2, 0.25) is 0 Å². The lowest BCUT2D eigenvalue weighted by Crippen LogP contribution is -2.33. The van der Waals surface area contributed by atoms with Crippen molar-refractivity contribution in [2.75, 3.05) is 26.4 Å². The van der Waals surface area contributed by atoms with Crippen molar-refractivity contribution in [2.45, 2.75) is 53.2 Å². The van der Waals surface area contributed by atoms with Crippen LogP contribution in [-0.2, 0) is 14.3 Å². The first kappa shape index (κ1) is 26.3. The van der Waals surface area contributed by atoms with Gasteiger partial charge < -0.3 is 24.2 Å². The van der Waals surface area contributed by atoms with Crippen LogP contribution in [0.3, 0.4) is 0 Å². The Hall–Kier alpha value is -3.32. The minimum atomic E-state index is -0.738. The lowest BCUT2D eigenvalue weighted by molar-refractivity contribution is -0.140. The summed E-state index contributed by atoms with van der Waals surface area (Å²) < 4.78 is 16.9. The Morgan fingerprint density at radius 2 is 1.74 bits per heavy atom. The molecule has 1 unspecified atom stereocenters. The molecule has 1 atom stereocenters. The molecule has 7 heteroatoms. The quantitative estimate of drug-likeness (QED) is 0.275. The number of rotatable bonds is 11. The van der Waals surface area contributed by atoms with Gasteiger partial charge in [-0.2, -0.15) is 0 Å². The summed E-state index contributed by atoms with van der Waals surface area (Å²) in [5.41, 5.74) is 2.06. The highest BCUT2D eigenvalue weighted by atomic mass is 16.5. The van der Waals surface area contributed by atoms with E-state index in [0.717, 1.165) is 17.7 Å². The highest BCUT2D eigenvalue weighted by molar-refractivity contribution is 6.46. The molecule has 1 fully saturated rings. The van der Waals surface area contributed by atoms with Gasteiger partial charge in [-0.1, -0.05) is 19.1 Å². The summed E-state index contributed by atoms with van der Waals surface area (Å²) in [6, 6.07) is 11.7. The van der Waals surface area contributed by atoms with Gasteiger partial charge in [0.25, 0.3) is 11.7 Å². The fourth-order valence-electron chi connectivity index (χ4n) is 4.08. The Labute approximate surface area is 207 Å².